The lowest BCUT2D eigenvalue weighted by atomic mass is 10.3. The largest absolute Gasteiger partial charge is 0.322 e. The lowest BCUT2D eigenvalue weighted by Crippen LogP contribution is -2.11. The summed E-state index contributed by atoms with van der Waals surface area (Å²) in [6.07, 6.45) is 7.80. The summed E-state index contributed by atoms with van der Waals surface area (Å²) in [5.74, 6) is 0. The van der Waals surface area contributed by atoms with Gasteiger partial charge in [0.25, 0.3) is 0 Å². The smallest absolute Gasteiger partial charge is 0.0712 e. The molecular formula is C12H12N4. The van der Waals surface area contributed by atoms with Crippen molar-refractivity contribution in [1.29, 1.82) is 0 Å². The Morgan fingerprint density at radius 2 is 1.88 bits per heavy atom. The summed E-state index contributed by atoms with van der Waals surface area (Å²) in [6.45, 7) is 0.766. The van der Waals surface area contributed by atoms with Gasteiger partial charge >= 0.3 is 0 Å². The molecule has 0 aromatic carbocycles. The van der Waals surface area contributed by atoms with Gasteiger partial charge in [-0.2, -0.15) is 5.10 Å². The minimum atomic E-state index is 0.766. The fourth-order valence-corrected chi connectivity index (χ4v) is 1.74. The molecule has 0 aliphatic rings. The molecule has 1 N–H and O–H groups in total. The van der Waals surface area contributed by atoms with E-state index in [1.807, 2.05) is 58.2 Å². The van der Waals surface area contributed by atoms with Gasteiger partial charge in [0, 0.05) is 24.2 Å². The molecule has 0 fully saturated rings. The topological polar surface area (TPSA) is 34.3 Å². The first-order valence-electron chi connectivity index (χ1n) is 5.21. The highest BCUT2D eigenvalue weighted by molar-refractivity contribution is 5.53. The van der Waals surface area contributed by atoms with Crippen molar-refractivity contribution in [1.82, 2.24) is 14.3 Å². The summed E-state index contributed by atoms with van der Waals surface area (Å²) in [5.41, 5.74) is 5.61. The van der Waals surface area contributed by atoms with Crippen molar-refractivity contribution in [3.8, 4) is 0 Å². The Labute approximate surface area is 93.1 Å². The average molecular weight is 212 g/mol. The lowest BCUT2D eigenvalue weighted by molar-refractivity contribution is 0.850. The Bertz CT molecular complexity index is 580. The molecule has 0 saturated heterocycles. The van der Waals surface area contributed by atoms with Crippen LogP contribution < -0.4 is 5.43 Å². The molecule has 0 saturated carbocycles. The fourth-order valence-electron chi connectivity index (χ4n) is 1.74. The maximum absolute atomic E-state index is 4.29. The van der Waals surface area contributed by atoms with Crippen LogP contribution in [0.5, 0.6) is 0 Å². The SMILES string of the molecule is c1ccn2ncc(CNn3cccc3)c2c1. The Kier molecular flexibility index (Phi) is 2.11. The normalized spacial score (nSPS) is 10.8. The minimum Gasteiger partial charge on any atom is -0.322 e. The lowest BCUT2D eigenvalue weighted by Gasteiger charge is -2.05. The highest BCUT2D eigenvalue weighted by Crippen LogP contribution is 2.09. The van der Waals surface area contributed by atoms with Crippen molar-refractivity contribution in [2.75, 3.05) is 5.43 Å². The summed E-state index contributed by atoms with van der Waals surface area (Å²) in [6, 6.07) is 10.0. The number of hydrogen-bond donors (Lipinski definition) is 1. The van der Waals surface area contributed by atoms with E-state index < -0.39 is 0 Å². The maximum atomic E-state index is 4.29. The zero-order valence-electron chi connectivity index (χ0n) is 8.74. The van der Waals surface area contributed by atoms with Gasteiger partial charge in [-0.15, -0.1) is 0 Å². The molecule has 0 aliphatic carbocycles. The molecule has 3 heterocycles. The number of fused-ring (bicyclic) bond motifs is 1. The van der Waals surface area contributed by atoms with E-state index in [0.29, 0.717) is 0 Å². The molecule has 0 unspecified atom stereocenters. The van der Waals surface area contributed by atoms with Crippen molar-refractivity contribution >= 4 is 5.52 Å². The second-order valence-electron chi connectivity index (χ2n) is 3.63. The van der Waals surface area contributed by atoms with Crippen LogP contribution in [0.3, 0.4) is 0 Å². The zero-order chi connectivity index (χ0) is 10.8. The number of nitrogens with zero attached hydrogens (tertiary/aromatic N) is 3. The fraction of sp³-hybridized carbons (Fsp3) is 0.0833. The molecule has 0 radical (unpaired) electrons. The Hall–Kier alpha value is -2.23. The third kappa shape index (κ3) is 1.54. The van der Waals surface area contributed by atoms with Crippen LogP contribution in [-0.2, 0) is 6.54 Å². The van der Waals surface area contributed by atoms with Crippen LogP contribution in [0, 0.1) is 0 Å². The van der Waals surface area contributed by atoms with Crippen LogP contribution in [0.4, 0.5) is 0 Å². The molecule has 3 aromatic heterocycles. The summed E-state index contributed by atoms with van der Waals surface area (Å²) < 4.78 is 3.82. The molecule has 3 aromatic rings. The van der Waals surface area contributed by atoms with Crippen LogP contribution >= 0.6 is 0 Å². The zero-order valence-corrected chi connectivity index (χ0v) is 8.74. The summed E-state index contributed by atoms with van der Waals surface area (Å²) >= 11 is 0. The number of aromatic nitrogens is 3. The molecule has 0 atom stereocenters. The third-order valence-corrected chi connectivity index (χ3v) is 2.56. The van der Waals surface area contributed by atoms with E-state index in [1.54, 1.807) is 0 Å². The molecule has 0 bridgehead atoms. The van der Waals surface area contributed by atoms with Crippen molar-refractivity contribution in [2.45, 2.75) is 6.54 Å². The van der Waals surface area contributed by atoms with Gasteiger partial charge in [0.1, 0.15) is 0 Å². The predicted octanol–water partition coefficient (Wildman–Crippen LogP) is 1.88. The number of pyridine rings is 1. The van der Waals surface area contributed by atoms with E-state index in [4.69, 9.17) is 0 Å². The number of nitrogens with one attached hydrogen (secondary N) is 1. The van der Waals surface area contributed by atoms with Gasteiger partial charge in [0.05, 0.1) is 18.3 Å². The van der Waals surface area contributed by atoms with E-state index in [2.05, 4.69) is 16.6 Å². The van der Waals surface area contributed by atoms with E-state index in [0.717, 1.165) is 12.1 Å². The van der Waals surface area contributed by atoms with Crippen LogP contribution in [0.1, 0.15) is 5.56 Å². The molecule has 4 nitrogen and oxygen atoms in total. The summed E-state index contributed by atoms with van der Waals surface area (Å²) in [4.78, 5) is 0. The van der Waals surface area contributed by atoms with E-state index >= 15 is 0 Å². The first kappa shape index (κ1) is 9.03. The summed E-state index contributed by atoms with van der Waals surface area (Å²) in [5, 5.41) is 4.29. The van der Waals surface area contributed by atoms with E-state index in [-0.39, 0.29) is 0 Å². The van der Waals surface area contributed by atoms with Crippen LogP contribution in [0.15, 0.2) is 55.1 Å². The number of rotatable bonds is 3. The van der Waals surface area contributed by atoms with Crippen LogP contribution in [0.2, 0.25) is 0 Å². The van der Waals surface area contributed by atoms with Gasteiger partial charge in [0.2, 0.25) is 0 Å². The molecule has 0 amide bonds. The van der Waals surface area contributed by atoms with Crippen LogP contribution in [0.25, 0.3) is 5.52 Å². The third-order valence-electron chi connectivity index (χ3n) is 2.56. The molecule has 3 rings (SSSR count). The first-order valence-corrected chi connectivity index (χ1v) is 5.21. The predicted molar refractivity (Wildman–Crippen MR) is 62.7 cm³/mol. The first-order chi connectivity index (χ1) is 7.93. The highest BCUT2D eigenvalue weighted by Gasteiger charge is 2.01. The molecule has 4 heteroatoms. The molecular weight excluding hydrogens is 200 g/mol. The standard InChI is InChI=1S/C12H12N4/c1-2-8-16-12(5-1)11(10-14-16)9-13-15-6-3-4-7-15/h1-8,10,13H,9H2. The second kappa shape index (κ2) is 3.73. The van der Waals surface area contributed by atoms with Crippen LogP contribution in [-0.4, -0.2) is 14.3 Å². The Morgan fingerprint density at radius 3 is 2.75 bits per heavy atom. The average Bonchev–Trinajstić information content (AvgIpc) is 2.96. The quantitative estimate of drug-likeness (QED) is 0.719. The van der Waals surface area contributed by atoms with Gasteiger partial charge in [-0.3, -0.25) is 4.68 Å². The van der Waals surface area contributed by atoms with Gasteiger partial charge < -0.3 is 5.43 Å². The molecule has 80 valence electrons. The highest BCUT2D eigenvalue weighted by atomic mass is 15.4. The van der Waals surface area contributed by atoms with Gasteiger partial charge in [0.15, 0.2) is 0 Å². The van der Waals surface area contributed by atoms with Crippen molar-refractivity contribution in [3.63, 3.8) is 0 Å². The monoisotopic (exact) mass is 212 g/mol. The molecule has 0 aliphatic heterocycles. The second-order valence-corrected chi connectivity index (χ2v) is 3.63. The summed E-state index contributed by atoms with van der Waals surface area (Å²) in [7, 11) is 0. The van der Waals surface area contributed by atoms with Crippen molar-refractivity contribution in [2.24, 2.45) is 0 Å². The number of hydrogen-bond acceptors (Lipinski definition) is 2. The maximum Gasteiger partial charge on any atom is 0.0712 e. The van der Waals surface area contributed by atoms with Crippen molar-refractivity contribution in [3.05, 3.63) is 60.7 Å². The molecule has 0 spiro atoms. The minimum absolute atomic E-state index is 0.766. The molecule has 16 heavy (non-hydrogen) atoms. The van der Waals surface area contributed by atoms with Gasteiger partial charge in [-0.1, -0.05) is 6.07 Å². The van der Waals surface area contributed by atoms with E-state index in [9.17, 15) is 0 Å². The van der Waals surface area contributed by atoms with Gasteiger partial charge in [-0.25, -0.2) is 4.52 Å². The van der Waals surface area contributed by atoms with E-state index in [1.165, 1.54) is 5.56 Å². The Morgan fingerprint density at radius 1 is 1.06 bits per heavy atom. The van der Waals surface area contributed by atoms with Gasteiger partial charge in [-0.05, 0) is 24.3 Å². The Balaban J connectivity index is 1.84. The van der Waals surface area contributed by atoms with Crippen molar-refractivity contribution < 1.29 is 0 Å².